The second kappa shape index (κ2) is 7.67. The summed E-state index contributed by atoms with van der Waals surface area (Å²) in [5.41, 5.74) is 3.26. The van der Waals surface area contributed by atoms with Crippen molar-refractivity contribution >= 4 is 5.97 Å². The maximum absolute atomic E-state index is 11.0. The zero-order valence-electron chi connectivity index (χ0n) is 14.9. The van der Waals surface area contributed by atoms with Crippen molar-refractivity contribution in [2.45, 2.75) is 19.4 Å². The second-order valence-electron chi connectivity index (χ2n) is 6.89. The van der Waals surface area contributed by atoms with Crippen molar-refractivity contribution in [2.75, 3.05) is 13.1 Å². The highest BCUT2D eigenvalue weighted by molar-refractivity contribution is 5.87. The molecule has 3 aromatic rings. The lowest BCUT2D eigenvalue weighted by Crippen LogP contribution is -2.21. The maximum atomic E-state index is 11.0. The number of benzene rings is 1. The molecular weight excluding hydrogens is 342 g/mol. The van der Waals surface area contributed by atoms with Gasteiger partial charge in [0.2, 0.25) is 0 Å². The highest BCUT2D eigenvalue weighted by Gasteiger charge is 2.24. The third kappa shape index (κ3) is 4.03. The van der Waals surface area contributed by atoms with E-state index in [2.05, 4.69) is 24.8 Å². The van der Waals surface area contributed by atoms with Gasteiger partial charge < -0.3 is 10.1 Å². The van der Waals surface area contributed by atoms with Crippen molar-refractivity contribution < 1.29 is 9.90 Å². The number of carboxylic acids is 1. The third-order valence-electron chi connectivity index (χ3n) is 4.96. The number of rotatable bonds is 6. The number of carboxylic acid groups (broad SMARTS) is 1. The van der Waals surface area contributed by atoms with Crippen LogP contribution < -0.4 is 0 Å². The average molecular weight is 363 g/mol. The first-order chi connectivity index (χ1) is 13.2. The molecule has 0 unspecified atom stereocenters. The van der Waals surface area contributed by atoms with E-state index in [0.29, 0.717) is 11.5 Å². The molecule has 138 valence electrons. The first-order valence-electron chi connectivity index (χ1n) is 9.03. The number of aromatic amines is 1. The van der Waals surface area contributed by atoms with Gasteiger partial charge in [-0.25, -0.2) is 14.8 Å². The van der Waals surface area contributed by atoms with Gasteiger partial charge in [-0.1, -0.05) is 12.1 Å². The minimum absolute atomic E-state index is 0.325. The minimum Gasteiger partial charge on any atom is -0.478 e. The van der Waals surface area contributed by atoms with E-state index in [1.807, 2.05) is 12.1 Å². The molecule has 0 spiro atoms. The standard InChI is InChI=1S/C20H21N5O2/c26-20(27)16-3-1-14(2-4-16)12-25-10-5-15(13-25)11-17-18(22-7-6-21-17)19-23-8-9-24-19/h1-4,6-9,15H,5,10-13H2,(H,23,24)(H,26,27)/t15-/m0/s1. The fraction of sp³-hybridized carbons (Fsp3) is 0.300. The van der Waals surface area contributed by atoms with Crippen molar-refractivity contribution in [2.24, 2.45) is 5.92 Å². The number of aromatic nitrogens is 4. The van der Waals surface area contributed by atoms with Crippen LogP contribution in [0.4, 0.5) is 0 Å². The normalized spacial score (nSPS) is 17.3. The molecule has 7 heteroatoms. The van der Waals surface area contributed by atoms with Gasteiger partial charge in [-0.2, -0.15) is 0 Å². The SMILES string of the molecule is O=C(O)c1ccc(CN2CC[C@@H](Cc3nccnc3-c3ncc[nH]3)C2)cc1. The van der Waals surface area contributed by atoms with Crippen molar-refractivity contribution in [1.82, 2.24) is 24.8 Å². The Kier molecular flexibility index (Phi) is 4.93. The van der Waals surface area contributed by atoms with E-state index in [1.54, 1.807) is 36.9 Å². The van der Waals surface area contributed by atoms with Crippen LogP contribution >= 0.6 is 0 Å². The molecule has 1 saturated heterocycles. The number of H-pyrrole nitrogens is 1. The van der Waals surface area contributed by atoms with E-state index in [9.17, 15) is 4.79 Å². The molecule has 2 aromatic heterocycles. The number of imidazole rings is 1. The number of nitrogens with one attached hydrogen (secondary N) is 1. The molecule has 1 aliphatic heterocycles. The number of likely N-dealkylation sites (tertiary alicyclic amines) is 1. The Morgan fingerprint density at radius 3 is 2.70 bits per heavy atom. The number of aromatic carboxylic acids is 1. The monoisotopic (exact) mass is 363 g/mol. The van der Waals surface area contributed by atoms with Crippen LogP contribution in [0.1, 0.15) is 28.0 Å². The molecule has 0 amide bonds. The first-order valence-corrected chi connectivity index (χ1v) is 9.03. The summed E-state index contributed by atoms with van der Waals surface area (Å²) < 4.78 is 0. The molecule has 2 N–H and O–H groups in total. The highest BCUT2D eigenvalue weighted by Crippen LogP contribution is 2.25. The largest absolute Gasteiger partial charge is 0.478 e. The molecule has 0 saturated carbocycles. The lowest BCUT2D eigenvalue weighted by Gasteiger charge is -2.16. The van der Waals surface area contributed by atoms with E-state index in [-0.39, 0.29) is 0 Å². The number of hydrogen-bond donors (Lipinski definition) is 2. The molecule has 0 aliphatic carbocycles. The summed E-state index contributed by atoms with van der Waals surface area (Å²) in [6.07, 6.45) is 8.93. The topological polar surface area (TPSA) is 95.0 Å². The Morgan fingerprint density at radius 1 is 1.15 bits per heavy atom. The predicted molar refractivity (Wildman–Crippen MR) is 100 cm³/mol. The summed E-state index contributed by atoms with van der Waals surface area (Å²) in [5, 5.41) is 9.00. The smallest absolute Gasteiger partial charge is 0.335 e. The zero-order chi connectivity index (χ0) is 18.6. The Labute approximate surface area is 157 Å². The summed E-state index contributed by atoms with van der Waals surface area (Å²) in [6.45, 7) is 2.86. The van der Waals surface area contributed by atoms with E-state index >= 15 is 0 Å². The Morgan fingerprint density at radius 2 is 1.96 bits per heavy atom. The Hall–Kier alpha value is -3.06. The number of nitrogens with zero attached hydrogens (tertiary/aromatic N) is 4. The molecule has 7 nitrogen and oxygen atoms in total. The van der Waals surface area contributed by atoms with Crippen LogP contribution in [-0.4, -0.2) is 49.0 Å². The van der Waals surface area contributed by atoms with Crippen LogP contribution in [-0.2, 0) is 13.0 Å². The molecule has 1 atom stereocenters. The average Bonchev–Trinajstić information content (AvgIpc) is 3.35. The van der Waals surface area contributed by atoms with E-state index < -0.39 is 5.97 Å². The third-order valence-corrected chi connectivity index (χ3v) is 4.96. The van der Waals surface area contributed by atoms with Crippen LogP contribution in [0, 0.1) is 5.92 Å². The van der Waals surface area contributed by atoms with Gasteiger partial charge >= 0.3 is 5.97 Å². The summed E-state index contributed by atoms with van der Waals surface area (Å²) in [6, 6.07) is 7.13. The van der Waals surface area contributed by atoms with Crippen LogP contribution in [0.25, 0.3) is 11.5 Å². The fourth-order valence-electron chi connectivity index (χ4n) is 3.62. The summed E-state index contributed by atoms with van der Waals surface area (Å²) >= 11 is 0. The van der Waals surface area contributed by atoms with Crippen molar-refractivity contribution in [3.05, 3.63) is 65.9 Å². The van der Waals surface area contributed by atoms with Gasteiger partial charge in [0.25, 0.3) is 0 Å². The van der Waals surface area contributed by atoms with Crippen LogP contribution in [0.3, 0.4) is 0 Å². The molecule has 27 heavy (non-hydrogen) atoms. The van der Waals surface area contributed by atoms with Crippen molar-refractivity contribution in [3.63, 3.8) is 0 Å². The van der Waals surface area contributed by atoms with Gasteiger partial charge in [-0.3, -0.25) is 9.88 Å². The van der Waals surface area contributed by atoms with Crippen LogP contribution in [0.2, 0.25) is 0 Å². The quantitative estimate of drug-likeness (QED) is 0.699. The lowest BCUT2D eigenvalue weighted by atomic mass is 10.0. The van der Waals surface area contributed by atoms with Gasteiger partial charge in [0.15, 0.2) is 5.82 Å². The molecule has 4 rings (SSSR count). The van der Waals surface area contributed by atoms with Crippen LogP contribution in [0.15, 0.2) is 49.1 Å². The second-order valence-corrected chi connectivity index (χ2v) is 6.89. The molecule has 3 heterocycles. The summed E-state index contributed by atoms with van der Waals surface area (Å²) in [7, 11) is 0. The van der Waals surface area contributed by atoms with Gasteiger partial charge in [0.05, 0.1) is 11.3 Å². The Bertz CT molecular complexity index is 908. The van der Waals surface area contributed by atoms with E-state index in [1.165, 1.54) is 0 Å². The molecule has 0 bridgehead atoms. The molecule has 1 fully saturated rings. The Balaban J connectivity index is 1.38. The summed E-state index contributed by atoms with van der Waals surface area (Å²) in [4.78, 5) is 29.8. The van der Waals surface area contributed by atoms with Gasteiger partial charge in [-0.05, 0) is 43.0 Å². The molecule has 1 aliphatic rings. The van der Waals surface area contributed by atoms with Gasteiger partial charge in [0.1, 0.15) is 5.69 Å². The molecule has 1 aromatic carbocycles. The van der Waals surface area contributed by atoms with E-state index in [4.69, 9.17) is 5.11 Å². The number of hydrogen-bond acceptors (Lipinski definition) is 5. The lowest BCUT2D eigenvalue weighted by molar-refractivity contribution is 0.0697. The van der Waals surface area contributed by atoms with Gasteiger partial charge in [0, 0.05) is 37.9 Å². The predicted octanol–water partition coefficient (Wildman–Crippen LogP) is 2.63. The van der Waals surface area contributed by atoms with Crippen LogP contribution in [0.5, 0.6) is 0 Å². The number of carbonyl (C=O) groups is 1. The minimum atomic E-state index is -0.890. The van der Waals surface area contributed by atoms with E-state index in [0.717, 1.165) is 55.3 Å². The molecule has 0 radical (unpaired) electrons. The first kappa shape index (κ1) is 17.4. The summed E-state index contributed by atoms with van der Waals surface area (Å²) in [5.74, 6) is 0.388. The van der Waals surface area contributed by atoms with Crippen molar-refractivity contribution in [1.29, 1.82) is 0 Å². The van der Waals surface area contributed by atoms with Gasteiger partial charge in [-0.15, -0.1) is 0 Å². The zero-order valence-corrected chi connectivity index (χ0v) is 14.9. The molecular formula is C20H21N5O2. The van der Waals surface area contributed by atoms with Crippen molar-refractivity contribution in [3.8, 4) is 11.5 Å². The maximum Gasteiger partial charge on any atom is 0.335 e. The fourth-order valence-corrected chi connectivity index (χ4v) is 3.62. The highest BCUT2D eigenvalue weighted by atomic mass is 16.4.